The van der Waals surface area contributed by atoms with Crippen LogP contribution >= 0.6 is 15.9 Å². The predicted octanol–water partition coefficient (Wildman–Crippen LogP) is 2.10. The van der Waals surface area contributed by atoms with Crippen molar-refractivity contribution in [2.24, 2.45) is 5.92 Å². The molecule has 0 aromatic heterocycles. The number of fused-ring (bicyclic) bond motifs is 1. The standard InChI is InChI=1S/C16H19BrN4O3/c1-2-3-7-21-13-11(14(22)20-16(21)24)12(18-15(23)19-13)9-5-4-6-10(17)8-9/h4-6,8,11-13H,2-3,7H2,1H3,(H2,18,19,23)(H,20,22,24). The number of hydrogen-bond donors (Lipinski definition) is 3. The van der Waals surface area contributed by atoms with Gasteiger partial charge in [-0.3, -0.25) is 10.1 Å². The molecule has 128 valence electrons. The summed E-state index contributed by atoms with van der Waals surface area (Å²) >= 11 is 3.41. The van der Waals surface area contributed by atoms with Gasteiger partial charge < -0.3 is 15.5 Å². The molecule has 2 aliphatic heterocycles. The lowest BCUT2D eigenvalue weighted by Crippen LogP contribution is -2.72. The highest BCUT2D eigenvalue weighted by Crippen LogP contribution is 2.33. The van der Waals surface area contributed by atoms with Crippen molar-refractivity contribution >= 4 is 33.9 Å². The van der Waals surface area contributed by atoms with Gasteiger partial charge in [0.2, 0.25) is 5.91 Å². The van der Waals surface area contributed by atoms with E-state index >= 15 is 0 Å². The summed E-state index contributed by atoms with van der Waals surface area (Å²) in [6.07, 6.45) is 1.07. The molecule has 0 radical (unpaired) electrons. The number of hydrogen-bond acceptors (Lipinski definition) is 3. The third-order valence-corrected chi connectivity index (χ3v) is 4.85. The third-order valence-electron chi connectivity index (χ3n) is 4.35. The van der Waals surface area contributed by atoms with E-state index in [0.29, 0.717) is 6.54 Å². The maximum absolute atomic E-state index is 12.5. The van der Waals surface area contributed by atoms with Gasteiger partial charge in [0.15, 0.2) is 0 Å². The quantitative estimate of drug-likeness (QED) is 0.729. The summed E-state index contributed by atoms with van der Waals surface area (Å²) in [5.41, 5.74) is 0.814. The average molecular weight is 395 g/mol. The highest BCUT2D eigenvalue weighted by Gasteiger charge is 2.49. The Kier molecular flexibility index (Phi) is 4.75. The largest absolute Gasteiger partial charge is 0.330 e. The fourth-order valence-electron chi connectivity index (χ4n) is 3.19. The van der Waals surface area contributed by atoms with Crippen molar-refractivity contribution in [1.82, 2.24) is 20.9 Å². The van der Waals surface area contributed by atoms with Crippen molar-refractivity contribution in [1.29, 1.82) is 0 Å². The van der Waals surface area contributed by atoms with E-state index in [1.807, 2.05) is 31.2 Å². The summed E-state index contributed by atoms with van der Waals surface area (Å²) in [6, 6.07) is 6.12. The number of benzene rings is 1. The second-order valence-corrected chi connectivity index (χ2v) is 6.88. The van der Waals surface area contributed by atoms with Crippen LogP contribution < -0.4 is 16.0 Å². The molecular formula is C16H19BrN4O3. The lowest BCUT2D eigenvalue weighted by Gasteiger charge is -2.46. The number of imide groups is 1. The van der Waals surface area contributed by atoms with Crippen LogP contribution in [0, 0.1) is 5.92 Å². The average Bonchev–Trinajstić information content (AvgIpc) is 2.53. The van der Waals surface area contributed by atoms with Crippen LogP contribution in [0.5, 0.6) is 0 Å². The Morgan fingerprint density at radius 3 is 2.71 bits per heavy atom. The Balaban J connectivity index is 1.96. The number of carbonyl (C=O) groups is 3. The van der Waals surface area contributed by atoms with Crippen molar-refractivity contribution in [2.75, 3.05) is 6.54 Å². The van der Waals surface area contributed by atoms with E-state index in [1.54, 1.807) is 4.90 Å². The number of amides is 5. The normalized spacial score (nSPS) is 26.3. The first-order valence-electron chi connectivity index (χ1n) is 7.95. The molecule has 2 aliphatic rings. The topological polar surface area (TPSA) is 90.5 Å². The summed E-state index contributed by atoms with van der Waals surface area (Å²) in [5.74, 6) is -0.971. The van der Waals surface area contributed by atoms with Gasteiger partial charge in [0, 0.05) is 11.0 Å². The zero-order valence-electron chi connectivity index (χ0n) is 13.2. The van der Waals surface area contributed by atoms with Gasteiger partial charge >= 0.3 is 12.1 Å². The van der Waals surface area contributed by atoms with Crippen LogP contribution in [0.2, 0.25) is 0 Å². The number of unbranched alkanes of at least 4 members (excludes halogenated alkanes) is 1. The van der Waals surface area contributed by atoms with Gasteiger partial charge in [-0.25, -0.2) is 9.59 Å². The first-order valence-corrected chi connectivity index (χ1v) is 8.74. The predicted molar refractivity (Wildman–Crippen MR) is 91.0 cm³/mol. The highest BCUT2D eigenvalue weighted by molar-refractivity contribution is 9.10. The number of carbonyl (C=O) groups excluding carboxylic acids is 3. The molecule has 1 aromatic rings. The lowest BCUT2D eigenvalue weighted by atomic mass is 9.86. The number of nitrogens with one attached hydrogen (secondary N) is 3. The first-order chi connectivity index (χ1) is 11.5. The Hall–Kier alpha value is -2.09. The molecule has 0 aliphatic carbocycles. The van der Waals surface area contributed by atoms with Gasteiger partial charge in [0.25, 0.3) is 0 Å². The number of halogens is 1. The minimum absolute atomic E-state index is 0.379. The minimum atomic E-state index is -0.643. The van der Waals surface area contributed by atoms with E-state index in [9.17, 15) is 14.4 Å². The molecule has 3 N–H and O–H groups in total. The Morgan fingerprint density at radius 1 is 1.21 bits per heavy atom. The number of nitrogens with zero attached hydrogens (tertiary/aromatic N) is 1. The van der Waals surface area contributed by atoms with Crippen LogP contribution in [-0.4, -0.2) is 35.6 Å². The monoisotopic (exact) mass is 394 g/mol. The van der Waals surface area contributed by atoms with Crippen molar-refractivity contribution < 1.29 is 14.4 Å². The molecule has 7 nitrogen and oxygen atoms in total. The zero-order valence-corrected chi connectivity index (χ0v) is 14.8. The molecule has 3 unspecified atom stereocenters. The van der Waals surface area contributed by atoms with E-state index in [0.717, 1.165) is 22.9 Å². The van der Waals surface area contributed by atoms with Crippen LogP contribution in [0.4, 0.5) is 9.59 Å². The van der Waals surface area contributed by atoms with E-state index in [2.05, 4.69) is 31.9 Å². The van der Waals surface area contributed by atoms with Crippen molar-refractivity contribution in [3.05, 3.63) is 34.3 Å². The fraction of sp³-hybridized carbons (Fsp3) is 0.438. The van der Waals surface area contributed by atoms with Crippen molar-refractivity contribution in [2.45, 2.75) is 32.0 Å². The molecule has 24 heavy (non-hydrogen) atoms. The molecule has 2 saturated heterocycles. The van der Waals surface area contributed by atoms with Crippen LogP contribution in [0.15, 0.2) is 28.7 Å². The molecular weight excluding hydrogens is 376 g/mol. The van der Waals surface area contributed by atoms with Crippen LogP contribution in [0.1, 0.15) is 31.4 Å². The summed E-state index contributed by atoms with van der Waals surface area (Å²) in [4.78, 5) is 38.3. The van der Waals surface area contributed by atoms with Gasteiger partial charge in [-0.15, -0.1) is 0 Å². The fourth-order valence-corrected chi connectivity index (χ4v) is 3.61. The Morgan fingerprint density at radius 2 is 2.00 bits per heavy atom. The van der Waals surface area contributed by atoms with E-state index in [-0.39, 0.29) is 11.9 Å². The van der Waals surface area contributed by atoms with E-state index < -0.39 is 24.2 Å². The first kappa shape index (κ1) is 16.8. The molecule has 1 aromatic carbocycles. The molecule has 0 saturated carbocycles. The van der Waals surface area contributed by atoms with E-state index in [1.165, 1.54) is 0 Å². The third kappa shape index (κ3) is 3.10. The van der Waals surface area contributed by atoms with Gasteiger partial charge in [-0.1, -0.05) is 41.4 Å². The number of rotatable bonds is 4. The van der Waals surface area contributed by atoms with Crippen molar-refractivity contribution in [3.63, 3.8) is 0 Å². The summed E-state index contributed by atoms with van der Waals surface area (Å²) in [5, 5.41) is 7.96. The Labute approximate surface area is 148 Å². The molecule has 5 amide bonds. The molecule has 8 heteroatoms. The zero-order chi connectivity index (χ0) is 17.3. The molecule has 2 heterocycles. The molecule has 0 spiro atoms. The summed E-state index contributed by atoms with van der Waals surface area (Å²) in [7, 11) is 0. The Bertz CT molecular complexity index is 681. The second-order valence-electron chi connectivity index (χ2n) is 5.96. The number of urea groups is 2. The molecule has 0 bridgehead atoms. The van der Waals surface area contributed by atoms with Gasteiger partial charge in [0.1, 0.15) is 12.1 Å². The SMILES string of the molecule is CCCCN1C(=O)NC(=O)C2C(c3cccc(Br)c3)NC(=O)NC21. The molecule has 3 atom stereocenters. The summed E-state index contributed by atoms with van der Waals surface area (Å²) < 4.78 is 0.861. The molecule has 2 fully saturated rings. The van der Waals surface area contributed by atoms with Crippen LogP contribution in [0.3, 0.4) is 0 Å². The van der Waals surface area contributed by atoms with E-state index in [4.69, 9.17) is 0 Å². The van der Waals surface area contributed by atoms with Crippen LogP contribution in [0.25, 0.3) is 0 Å². The minimum Gasteiger partial charge on any atom is -0.330 e. The van der Waals surface area contributed by atoms with Crippen molar-refractivity contribution in [3.8, 4) is 0 Å². The maximum Gasteiger partial charge on any atom is 0.325 e. The lowest BCUT2D eigenvalue weighted by molar-refractivity contribution is -0.130. The highest BCUT2D eigenvalue weighted by atomic mass is 79.9. The second kappa shape index (κ2) is 6.80. The van der Waals surface area contributed by atoms with Crippen LogP contribution in [-0.2, 0) is 4.79 Å². The van der Waals surface area contributed by atoms with Gasteiger partial charge in [0.05, 0.1) is 6.04 Å². The van der Waals surface area contributed by atoms with Gasteiger partial charge in [-0.05, 0) is 24.1 Å². The smallest absolute Gasteiger partial charge is 0.325 e. The summed E-state index contributed by atoms with van der Waals surface area (Å²) in [6.45, 7) is 2.51. The van der Waals surface area contributed by atoms with Gasteiger partial charge in [-0.2, -0.15) is 0 Å². The maximum atomic E-state index is 12.5. The molecule has 3 rings (SSSR count).